The fourth-order valence-corrected chi connectivity index (χ4v) is 10.6. The third-order valence-electron chi connectivity index (χ3n) is 3.04. The fraction of sp³-hybridized carbons (Fsp3) is 0.529. The Morgan fingerprint density at radius 1 is 0.833 bits per heavy atom. The summed E-state index contributed by atoms with van der Waals surface area (Å²) in [6.45, 7) is 17.7. The van der Waals surface area contributed by atoms with Gasteiger partial charge < -0.3 is 13.0 Å². The van der Waals surface area contributed by atoms with Gasteiger partial charge in [-0.1, -0.05) is 42.1 Å². The van der Waals surface area contributed by atoms with Crippen LogP contribution >= 0.6 is 0 Å². The first-order valence-corrected chi connectivity index (χ1v) is 19.8. The Morgan fingerprint density at radius 3 is 1.79 bits per heavy atom. The maximum absolute atomic E-state index is 6.39. The predicted octanol–water partition coefficient (Wildman–Crippen LogP) is 4.53. The van der Waals surface area contributed by atoms with Crippen molar-refractivity contribution < 1.29 is 13.0 Å². The van der Waals surface area contributed by atoms with E-state index in [1.807, 2.05) is 6.07 Å². The molecule has 0 aliphatic heterocycles. The van der Waals surface area contributed by atoms with E-state index in [9.17, 15) is 0 Å². The van der Waals surface area contributed by atoms with Crippen LogP contribution in [0.15, 0.2) is 36.0 Å². The van der Waals surface area contributed by atoms with E-state index < -0.39 is 34.7 Å². The lowest BCUT2D eigenvalue weighted by atomic mass is 10.2. The van der Waals surface area contributed by atoms with Crippen LogP contribution in [0.3, 0.4) is 0 Å². The Kier molecular flexibility index (Phi) is 8.05. The van der Waals surface area contributed by atoms with Crippen LogP contribution in [0.4, 0.5) is 0 Å². The van der Waals surface area contributed by atoms with E-state index in [1.54, 1.807) is 0 Å². The van der Waals surface area contributed by atoms with Gasteiger partial charge in [0.1, 0.15) is 5.91 Å². The smallest absolute Gasteiger partial charge is 0.208 e. The van der Waals surface area contributed by atoms with Crippen LogP contribution in [0.2, 0.25) is 52.4 Å². The molecule has 0 unspecified atom stereocenters. The molecule has 0 atom stereocenters. The molecule has 0 spiro atoms. The molecule has 0 aliphatic rings. The highest BCUT2D eigenvalue weighted by molar-refractivity contribution is 6.80. The molecule has 0 heterocycles. The molecular weight excluding hydrogens is 365 g/mol. The zero-order valence-corrected chi connectivity index (χ0v) is 21.0. The van der Waals surface area contributed by atoms with Gasteiger partial charge in [-0.3, -0.25) is 0 Å². The summed E-state index contributed by atoms with van der Waals surface area (Å²) in [5.41, 5.74) is 3.48. The van der Waals surface area contributed by atoms with Crippen LogP contribution < -0.4 is 0 Å². The highest BCUT2D eigenvalue weighted by Gasteiger charge is 2.29. The first kappa shape index (κ1) is 21.7. The van der Waals surface area contributed by atoms with Gasteiger partial charge >= 0.3 is 0 Å². The molecule has 3 nitrogen and oxygen atoms in total. The van der Waals surface area contributed by atoms with Gasteiger partial charge in [-0.2, -0.15) is 0 Å². The lowest BCUT2D eigenvalue weighted by Gasteiger charge is -2.33. The van der Waals surface area contributed by atoms with Crippen molar-refractivity contribution in [2.45, 2.75) is 58.3 Å². The van der Waals surface area contributed by atoms with Crippen LogP contribution in [-0.2, 0) is 13.0 Å². The second-order valence-electron chi connectivity index (χ2n) is 8.55. The molecule has 0 radical (unpaired) electrons. The van der Waals surface area contributed by atoms with Gasteiger partial charge in [-0.25, -0.2) is 0 Å². The molecule has 0 bridgehead atoms. The van der Waals surface area contributed by atoms with Crippen molar-refractivity contribution in [2.75, 3.05) is 0 Å². The monoisotopic (exact) mass is 398 g/mol. The number of hydrogen-bond donors (Lipinski definition) is 0. The van der Waals surface area contributed by atoms with Crippen molar-refractivity contribution >= 4 is 40.8 Å². The molecule has 24 heavy (non-hydrogen) atoms. The zero-order chi connectivity index (χ0) is 18.4. The van der Waals surface area contributed by atoms with E-state index in [-0.39, 0.29) is 5.91 Å². The average molecular weight is 399 g/mol. The second-order valence-corrected chi connectivity index (χ2v) is 23.2. The molecule has 0 aliphatic carbocycles. The van der Waals surface area contributed by atoms with E-state index in [2.05, 4.69) is 88.4 Å². The largest absolute Gasteiger partial charge is 0.454 e. The highest BCUT2D eigenvalue weighted by atomic mass is 28.4. The molecule has 1 aromatic carbocycles. The number of rotatable bonds is 9. The maximum Gasteiger partial charge on any atom is 0.208 e. The Hall–Kier alpha value is -0.292. The molecule has 1 aromatic rings. The zero-order valence-electron chi connectivity index (χ0n) is 16.6. The SMILES string of the molecule is C[Si](C)(C)OC(O[Si](C)(C)C)[SiH2]O[Si](C)(C)C=Cc1ccccc1. The lowest BCUT2D eigenvalue weighted by Crippen LogP contribution is -2.46. The maximum atomic E-state index is 6.39. The van der Waals surface area contributed by atoms with E-state index in [1.165, 1.54) is 5.56 Å². The van der Waals surface area contributed by atoms with Crippen molar-refractivity contribution in [3.8, 4) is 0 Å². The first-order chi connectivity index (χ1) is 10.9. The van der Waals surface area contributed by atoms with Gasteiger partial charge in [0.05, 0.1) is 0 Å². The number of benzene rings is 1. The molecule has 136 valence electrons. The van der Waals surface area contributed by atoms with Crippen molar-refractivity contribution in [1.82, 2.24) is 0 Å². The quantitative estimate of drug-likeness (QED) is 0.452. The van der Waals surface area contributed by atoms with Crippen molar-refractivity contribution in [3.05, 3.63) is 41.6 Å². The van der Waals surface area contributed by atoms with Gasteiger partial charge in [0.15, 0.2) is 25.0 Å². The summed E-state index contributed by atoms with van der Waals surface area (Å²) in [5, 5.41) is 0. The minimum absolute atomic E-state index is 0.111. The normalized spacial score (nSPS) is 14.4. The minimum atomic E-state index is -1.85. The molecule has 7 heteroatoms. The standard InChI is InChI=1S/C17H34O3Si4/c1-22(2,3)18-17(19-23(4,5)6)21-20-24(7,8)15-14-16-12-10-9-11-13-16/h9-15,17H,21H2,1-8H3. The molecule has 0 fully saturated rings. The van der Waals surface area contributed by atoms with Gasteiger partial charge in [0.2, 0.25) is 9.76 Å². The van der Waals surface area contributed by atoms with E-state index in [4.69, 9.17) is 13.0 Å². The Bertz CT molecular complexity index is 503. The predicted molar refractivity (Wildman–Crippen MR) is 115 cm³/mol. The third kappa shape index (κ3) is 10.5. The fourth-order valence-electron chi connectivity index (χ4n) is 2.07. The van der Waals surface area contributed by atoms with Crippen LogP contribution in [0.5, 0.6) is 0 Å². The van der Waals surface area contributed by atoms with E-state index in [0.717, 1.165) is 0 Å². The summed E-state index contributed by atoms with van der Waals surface area (Å²) in [7, 11) is -6.03. The Balaban J connectivity index is 2.67. The summed E-state index contributed by atoms with van der Waals surface area (Å²) in [6.07, 6.45) is 2.17. The third-order valence-corrected chi connectivity index (χ3v) is 10.9. The molecule has 0 saturated heterocycles. The summed E-state index contributed by atoms with van der Waals surface area (Å²) >= 11 is 0. The molecule has 0 amide bonds. The van der Waals surface area contributed by atoms with Crippen LogP contribution in [-0.4, -0.2) is 40.6 Å². The Labute approximate surface area is 153 Å². The average Bonchev–Trinajstić information content (AvgIpc) is 2.41. The lowest BCUT2D eigenvalue weighted by molar-refractivity contribution is 0.0529. The molecule has 0 aromatic heterocycles. The Morgan fingerprint density at radius 2 is 1.33 bits per heavy atom. The first-order valence-electron chi connectivity index (χ1n) is 8.60. The summed E-state index contributed by atoms with van der Waals surface area (Å²) in [4.78, 5) is 0. The molecule has 0 N–H and O–H groups in total. The van der Waals surface area contributed by atoms with E-state index in [0.29, 0.717) is 0 Å². The topological polar surface area (TPSA) is 27.7 Å². The van der Waals surface area contributed by atoms with E-state index >= 15 is 0 Å². The van der Waals surface area contributed by atoms with Crippen LogP contribution in [0.1, 0.15) is 5.56 Å². The summed E-state index contributed by atoms with van der Waals surface area (Å²) in [6, 6.07) is 10.4. The number of hydrogen-bond acceptors (Lipinski definition) is 3. The summed E-state index contributed by atoms with van der Waals surface area (Å²) in [5.74, 6) is -0.111. The molecule has 1 rings (SSSR count). The van der Waals surface area contributed by atoms with Crippen LogP contribution in [0.25, 0.3) is 6.08 Å². The second kappa shape index (κ2) is 8.88. The van der Waals surface area contributed by atoms with Crippen LogP contribution in [0, 0.1) is 0 Å². The molecular formula is C17H34O3Si4. The van der Waals surface area contributed by atoms with Gasteiger partial charge in [0, 0.05) is 0 Å². The van der Waals surface area contributed by atoms with Gasteiger partial charge in [0.25, 0.3) is 0 Å². The van der Waals surface area contributed by atoms with Gasteiger partial charge in [-0.15, -0.1) is 0 Å². The van der Waals surface area contributed by atoms with Crippen molar-refractivity contribution in [1.29, 1.82) is 0 Å². The van der Waals surface area contributed by atoms with Gasteiger partial charge in [-0.05, 0) is 57.9 Å². The summed E-state index contributed by atoms with van der Waals surface area (Å²) < 4.78 is 18.9. The highest BCUT2D eigenvalue weighted by Crippen LogP contribution is 2.16. The molecule has 0 saturated carbocycles. The van der Waals surface area contributed by atoms with Crippen molar-refractivity contribution in [3.63, 3.8) is 0 Å². The minimum Gasteiger partial charge on any atom is -0.454 e. The van der Waals surface area contributed by atoms with Crippen molar-refractivity contribution in [2.24, 2.45) is 0 Å².